The highest BCUT2D eigenvalue weighted by atomic mass is 127. The standard InChI is InChI=1S/C23H40N4O4.HI/c1-5-24-22(26-17-23(4,28)18-27-12-14-29-15-13-27)25-11-10-19-8-9-20(30-6-2)21(16-19)31-7-3;/h8-9,16,28H,5-7,10-15,17-18H2,1-4H3,(H2,24,25,26);1H. The Balaban J connectivity index is 0.00000512. The lowest BCUT2D eigenvalue weighted by Gasteiger charge is -2.33. The molecule has 0 bridgehead atoms. The molecule has 0 spiro atoms. The van der Waals surface area contributed by atoms with Crippen LogP contribution in [0.5, 0.6) is 11.5 Å². The van der Waals surface area contributed by atoms with E-state index >= 15 is 0 Å². The lowest BCUT2D eigenvalue weighted by atomic mass is 10.1. The fraction of sp³-hybridized carbons (Fsp3) is 0.696. The van der Waals surface area contributed by atoms with Crippen molar-refractivity contribution in [3.8, 4) is 11.5 Å². The summed E-state index contributed by atoms with van der Waals surface area (Å²) in [5.41, 5.74) is 0.274. The first-order valence-corrected chi connectivity index (χ1v) is 11.4. The summed E-state index contributed by atoms with van der Waals surface area (Å²) in [4.78, 5) is 6.83. The first kappa shape index (κ1) is 28.7. The molecule has 1 aromatic carbocycles. The van der Waals surface area contributed by atoms with Crippen molar-refractivity contribution in [2.75, 3.05) is 65.7 Å². The molecule has 0 amide bonds. The second-order valence-corrected chi connectivity index (χ2v) is 7.90. The van der Waals surface area contributed by atoms with E-state index in [-0.39, 0.29) is 24.0 Å². The van der Waals surface area contributed by atoms with Crippen LogP contribution in [-0.2, 0) is 11.2 Å². The third kappa shape index (κ3) is 10.5. The minimum absolute atomic E-state index is 0. The summed E-state index contributed by atoms with van der Waals surface area (Å²) >= 11 is 0. The fourth-order valence-electron chi connectivity index (χ4n) is 3.46. The Hall–Kier alpha value is -1.30. The van der Waals surface area contributed by atoms with E-state index in [1.54, 1.807) is 0 Å². The van der Waals surface area contributed by atoms with Gasteiger partial charge >= 0.3 is 0 Å². The third-order valence-corrected chi connectivity index (χ3v) is 4.90. The minimum Gasteiger partial charge on any atom is -0.490 e. The van der Waals surface area contributed by atoms with E-state index < -0.39 is 5.60 Å². The number of ether oxygens (including phenoxy) is 3. The molecule has 1 aliphatic rings. The van der Waals surface area contributed by atoms with Crippen molar-refractivity contribution in [2.24, 2.45) is 4.99 Å². The van der Waals surface area contributed by atoms with E-state index in [1.807, 2.05) is 39.8 Å². The van der Waals surface area contributed by atoms with E-state index in [9.17, 15) is 5.11 Å². The summed E-state index contributed by atoms with van der Waals surface area (Å²) < 4.78 is 16.7. The van der Waals surface area contributed by atoms with Crippen LogP contribution in [0.1, 0.15) is 33.3 Å². The first-order valence-electron chi connectivity index (χ1n) is 11.4. The predicted molar refractivity (Wildman–Crippen MR) is 140 cm³/mol. The molecule has 1 fully saturated rings. The second kappa shape index (κ2) is 15.5. The molecular formula is C23H41IN4O4. The normalized spacial score (nSPS) is 16.6. The average Bonchev–Trinajstić information content (AvgIpc) is 2.74. The highest BCUT2D eigenvalue weighted by Gasteiger charge is 2.25. The monoisotopic (exact) mass is 564 g/mol. The zero-order valence-corrected chi connectivity index (χ0v) is 22.3. The molecule has 3 N–H and O–H groups in total. The molecule has 1 unspecified atom stereocenters. The number of aliphatic hydroxyl groups is 1. The van der Waals surface area contributed by atoms with Crippen LogP contribution in [0.25, 0.3) is 0 Å². The van der Waals surface area contributed by atoms with Crippen LogP contribution in [0, 0.1) is 0 Å². The van der Waals surface area contributed by atoms with Gasteiger partial charge in [-0.2, -0.15) is 0 Å². The fourth-order valence-corrected chi connectivity index (χ4v) is 3.46. The maximum Gasteiger partial charge on any atom is 0.191 e. The largest absolute Gasteiger partial charge is 0.490 e. The van der Waals surface area contributed by atoms with Gasteiger partial charge in [-0.3, -0.25) is 9.89 Å². The molecule has 0 radical (unpaired) electrons. The zero-order chi connectivity index (χ0) is 22.5. The lowest BCUT2D eigenvalue weighted by Crippen LogP contribution is -2.48. The molecule has 0 saturated carbocycles. The van der Waals surface area contributed by atoms with Crippen LogP contribution in [0.15, 0.2) is 23.2 Å². The van der Waals surface area contributed by atoms with Crippen molar-refractivity contribution in [3.63, 3.8) is 0 Å². The van der Waals surface area contributed by atoms with Gasteiger partial charge in [-0.15, -0.1) is 24.0 Å². The van der Waals surface area contributed by atoms with Crippen LogP contribution in [0.2, 0.25) is 0 Å². The summed E-state index contributed by atoms with van der Waals surface area (Å²) in [6.07, 6.45) is 0.821. The van der Waals surface area contributed by atoms with Crippen molar-refractivity contribution in [3.05, 3.63) is 23.8 Å². The Morgan fingerprint density at radius 1 is 1.12 bits per heavy atom. The van der Waals surface area contributed by atoms with Gasteiger partial charge in [0.2, 0.25) is 0 Å². The van der Waals surface area contributed by atoms with Crippen LogP contribution < -0.4 is 20.1 Å². The molecule has 1 heterocycles. The number of hydrogen-bond donors (Lipinski definition) is 3. The summed E-state index contributed by atoms with van der Waals surface area (Å²) in [5, 5.41) is 17.4. The molecule has 9 heteroatoms. The van der Waals surface area contributed by atoms with Gasteiger partial charge in [0, 0.05) is 32.7 Å². The average molecular weight is 565 g/mol. The van der Waals surface area contributed by atoms with Crippen molar-refractivity contribution in [1.29, 1.82) is 0 Å². The van der Waals surface area contributed by atoms with Gasteiger partial charge in [0.1, 0.15) is 0 Å². The molecular weight excluding hydrogens is 523 g/mol. The maximum absolute atomic E-state index is 10.8. The summed E-state index contributed by atoms with van der Waals surface area (Å²) in [7, 11) is 0. The van der Waals surface area contributed by atoms with Crippen molar-refractivity contribution in [1.82, 2.24) is 15.5 Å². The van der Waals surface area contributed by atoms with Gasteiger partial charge in [-0.25, -0.2) is 0 Å². The highest BCUT2D eigenvalue weighted by molar-refractivity contribution is 14.0. The third-order valence-electron chi connectivity index (χ3n) is 4.90. The van der Waals surface area contributed by atoms with Crippen molar-refractivity contribution >= 4 is 29.9 Å². The SMILES string of the molecule is CCNC(=NCC(C)(O)CN1CCOCC1)NCCc1ccc(OCC)c(OCC)c1.I. The number of hydrogen-bond acceptors (Lipinski definition) is 6. The molecule has 1 saturated heterocycles. The maximum atomic E-state index is 10.8. The van der Waals surface area contributed by atoms with E-state index in [4.69, 9.17) is 14.2 Å². The van der Waals surface area contributed by atoms with Gasteiger partial charge in [-0.1, -0.05) is 6.07 Å². The van der Waals surface area contributed by atoms with E-state index in [1.165, 1.54) is 0 Å². The van der Waals surface area contributed by atoms with Crippen LogP contribution in [0.4, 0.5) is 0 Å². The molecule has 1 aromatic rings. The molecule has 1 atom stereocenters. The summed E-state index contributed by atoms with van der Waals surface area (Å²) in [6.45, 7) is 14.6. The lowest BCUT2D eigenvalue weighted by molar-refractivity contribution is -0.0179. The summed E-state index contributed by atoms with van der Waals surface area (Å²) in [6, 6.07) is 6.06. The number of β-amino-alcohol motifs (C(OH)–C–C–N with tert-alkyl or cyclic N) is 1. The Morgan fingerprint density at radius 2 is 1.81 bits per heavy atom. The highest BCUT2D eigenvalue weighted by Crippen LogP contribution is 2.28. The minimum atomic E-state index is -0.888. The van der Waals surface area contributed by atoms with Gasteiger partial charge in [0.15, 0.2) is 17.5 Å². The quantitative estimate of drug-likeness (QED) is 0.204. The Kier molecular flexibility index (Phi) is 13.9. The van der Waals surface area contributed by atoms with Gasteiger partial charge in [0.25, 0.3) is 0 Å². The number of guanidine groups is 1. The molecule has 32 heavy (non-hydrogen) atoms. The number of halogens is 1. The Labute approximate surface area is 210 Å². The number of morpholine rings is 1. The van der Waals surface area contributed by atoms with Crippen molar-refractivity contribution in [2.45, 2.75) is 39.7 Å². The summed E-state index contributed by atoms with van der Waals surface area (Å²) in [5.74, 6) is 2.26. The molecule has 1 aliphatic heterocycles. The van der Waals surface area contributed by atoms with Crippen molar-refractivity contribution < 1.29 is 19.3 Å². The molecule has 0 aromatic heterocycles. The number of benzene rings is 1. The van der Waals surface area contributed by atoms with E-state index in [0.29, 0.717) is 32.3 Å². The van der Waals surface area contributed by atoms with Gasteiger partial charge < -0.3 is 30.0 Å². The number of nitrogens with zero attached hydrogens (tertiary/aromatic N) is 2. The topological polar surface area (TPSA) is 87.6 Å². The number of rotatable bonds is 12. The Morgan fingerprint density at radius 3 is 2.47 bits per heavy atom. The van der Waals surface area contributed by atoms with Gasteiger partial charge in [-0.05, 0) is 51.8 Å². The molecule has 8 nitrogen and oxygen atoms in total. The van der Waals surface area contributed by atoms with Crippen LogP contribution >= 0.6 is 24.0 Å². The van der Waals surface area contributed by atoms with E-state index in [2.05, 4.69) is 26.6 Å². The molecule has 184 valence electrons. The first-order chi connectivity index (χ1) is 15.0. The van der Waals surface area contributed by atoms with E-state index in [0.717, 1.165) is 62.9 Å². The molecule has 0 aliphatic carbocycles. The van der Waals surface area contributed by atoms with Crippen LogP contribution in [-0.4, -0.2) is 87.3 Å². The smallest absolute Gasteiger partial charge is 0.191 e. The predicted octanol–water partition coefficient (Wildman–Crippen LogP) is 2.28. The zero-order valence-electron chi connectivity index (χ0n) is 20.0. The van der Waals surface area contributed by atoms with Gasteiger partial charge in [0.05, 0.1) is 38.6 Å². The van der Waals surface area contributed by atoms with Crippen LogP contribution in [0.3, 0.4) is 0 Å². The number of nitrogens with one attached hydrogen (secondary N) is 2. The number of aliphatic imine (C=N–C) groups is 1. The second-order valence-electron chi connectivity index (χ2n) is 7.90. The Bertz CT molecular complexity index is 682. The molecule has 2 rings (SSSR count).